The van der Waals surface area contributed by atoms with Crippen molar-refractivity contribution in [3.05, 3.63) is 42.0 Å². The molecule has 0 bridgehead atoms. The normalized spacial score (nSPS) is 13.8. The predicted octanol–water partition coefficient (Wildman–Crippen LogP) is 2.41. The topological polar surface area (TPSA) is 33.1 Å². The molecule has 0 saturated carbocycles. The Hall–Kier alpha value is -1.97. The van der Waals surface area contributed by atoms with Crippen LogP contribution in [-0.2, 0) is 20.0 Å². The van der Waals surface area contributed by atoms with E-state index in [9.17, 15) is 0 Å². The molecule has 1 aliphatic rings. The van der Waals surface area contributed by atoms with Gasteiger partial charge < -0.3 is 14.8 Å². The molecule has 1 N–H and O–H groups in total. The highest BCUT2D eigenvalue weighted by Crippen LogP contribution is 2.27. The molecule has 0 amide bonds. The Labute approximate surface area is 114 Å². The third-order valence-electron chi connectivity index (χ3n) is 3.77. The number of nitrogens with one attached hydrogen (secondary N) is 1. The fraction of sp³-hybridized carbons (Fsp3) is 0.400. The van der Waals surface area contributed by atoms with Gasteiger partial charge in [0.05, 0.1) is 6.54 Å². The monoisotopic (exact) mass is 256 g/mol. The van der Waals surface area contributed by atoms with Crippen LogP contribution in [0.5, 0.6) is 0 Å². The zero-order valence-corrected chi connectivity index (χ0v) is 11.6. The van der Waals surface area contributed by atoms with E-state index in [2.05, 4.69) is 45.0 Å². The highest BCUT2D eigenvalue weighted by atomic mass is 15.2. The Morgan fingerprint density at radius 3 is 3.11 bits per heavy atom. The van der Waals surface area contributed by atoms with Crippen molar-refractivity contribution in [1.82, 2.24) is 9.55 Å². The van der Waals surface area contributed by atoms with E-state index in [0.717, 1.165) is 18.9 Å². The van der Waals surface area contributed by atoms with Crippen LogP contribution < -0.4 is 10.2 Å². The maximum atomic E-state index is 4.38. The van der Waals surface area contributed by atoms with Crippen molar-refractivity contribution in [2.45, 2.75) is 19.4 Å². The van der Waals surface area contributed by atoms with Gasteiger partial charge in [-0.15, -0.1) is 0 Å². The Morgan fingerprint density at radius 2 is 2.32 bits per heavy atom. The fourth-order valence-corrected chi connectivity index (χ4v) is 2.55. The molecule has 1 aromatic heterocycles. The molecule has 4 nitrogen and oxygen atoms in total. The molecule has 0 unspecified atom stereocenters. The Morgan fingerprint density at radius 1 is 1.42 bits per heavy atom. The van der Waals surface area contributed by atoms with Gasteiger partial charge in [0.2, 0.25) is 0 Å². The molecule has 3 rings (SSSR count). The number of hydrogen-bond donors (Lipinski definition) is 1. The third kappa shape index (κ3) is 2.43. The fourth-order valence-electron chi connectivity index (χ4n) is 2.55. The number of aryl methyl sites for hydroxylation is 2. The lowest BCUT2D eigenvalue weighted by Crippen LogP contribution is -2.20. The number of anilines is 2. The van der Waals surface area contributed by atoms with Crippen LogP contribution in [-0.4, -0.2) is 23.1 Å². The second kappa shape index (κ2) is 4.96. The summed E-state index contributed by atoms with van der Waals surface area (Å²) < 4.78 is 2.07. The van der Waals surface area contributed by atoms with E-state index < -0.39 is 0 Å². The SMILES string of the molecule is CN(Cc1nccn1C)c1ccc2c(c1)CCCN2. The van der Waals surface area contributed by atoms with Crippen LogP contribution in [0.15, 0.2) is 30.6 Å². The molecule has 2 heterocycles. The summed E-state index contributed by atoms with van der Waals surface area (Å²) in [6, 6.07) is 6.67. The lowest BCUT2D eigenvalue weighted by Gasteiger charge is -2.23. The van der Waals surface area contributed by atoms with Gasteiger partial charge in [-0.1, -0.05) is 0 Å². The van der Waals surface area contributed by atoms with E-state index in [1.165, 1.54) is 29.8 Å². The molecule has 0 fully saturated rings. The molecule has 2 aromatic rings. The van der Waals surface area contributed by atoms with Gasteiger partial charge in [-0.3, -0.25) is 0 Å². The second-order valence-corrected chi connectivity index (χ2v) is 5.18. The Kier molecular flexibility index (Phi) is 3.15. The number of fused-ring (bicyclic) bond motifs is 1. The summed E-state index contributed by atoms with van der Waals surface area (Å²) in [5, 5.41) is 3.45. The van der Waals surface area contributed by atoms with Gasteiger partial charge in [0.15, 0.2) is 0 Å². The van der Waals surface area contributed by atoms with Crippen LogP contribution in [0.4, 0.5) is 11.4 Å². The van der Waals surface area contributed by atoms with Crippen molar-refractivity contribution >= 4 is 11.4 Å². The molecule has 0 atom stereocenters. The number of hydrogen-bond acceptors (Lipinski definition) is 3. The third-order valence-corrected chi connectivity index (χ3v) is 3.77. The van der Waals surface area contributed by atoms with Gasteiger partial charge in [0.1, 0.15) is 5.82 Å². The number of nitrogens with zero attached hydrogens (tertiary/aromatic N) is 3. The largest absolute Gasteiger partial charge is 0.385 e. The summed E-state index contributed by atoms with van der Waals surface area (Å²) in [4.78, 5) is 6.62. The maximum Gasteiger partial charge on any atom is 0.127 e. The predicted molar refractivity (Wildman–Crippen MR) is 78.6 cm³/mol. The van der Waals surface area contributed by atoms with Gasteiger partial charge in [0, 0.05) is 44.4 Å². The van der Waals surface area contributed by atoms with E-state index in [0.29, 0.717) is 0 Å². The van der Waals surface area contributed by atoms with E-state index in [-0.39, 0.29) is 0 Å². The first-order chi connectivity index (χ1) is 9.24. The zero-order chi connectivity index (χ0) is 13.2. The minimum atomic E-state index is 0.829. The molecule has 100 valence electrons. The molecule has 0 radical (unpaired) electrons. The summed E-state index contributed by atoms with van der Waals surface area (Å²) in [6.07, 6.45) is 6.23. The van der Waals surface area contributed by atoms with Gasteiger partial charge in [-0.2, -0.15) is 0 Å². The minimum absolute atomic E-state index is 0.829. The highest BCUT2D eigenvalue weighted by molar-refractivity contribution is 5.61. The first-order valence-corrected chi connectivity index (χ1v) is 6.78. The van der Waals surface area contributed by atoms with Crippen LogP contribution in [0.25, 0.3) is 0 Å². The molecular formula is C15H20N4. The van der Waals surface area contributed by atoms with E-state index in [4.69, 9.17) is 0 Å². The molecule has 1 aliphatic heterocycles. The first-order valence-electron chi connectivity index (χ1n) is 6.78. The summed E-state index contributed by atoms with van der Waals surface area (Å²) in [6.45, 7) is 1.92. The molecule has 4 heteroatoms. The standard InChI is InChI=1S/C15H20N4/c1-18-9-8-17-15(18)11-19(2)13-5-6-14-12(10-13)4-3-7-16-14/h5-6,8-10,16H,3-4,7,11H2,1-2H3. The van der Waals surface area contributed by atoms with Crippen LogP contribution in [0, 0.1) is 0 Å². The number of rotatable bonds is 3. The number of aromatic nitrogens is 2. The molecule has 1 aromatic carbocycles. The van der Waals surface area contributed by atoms with Gasteiger partial charge in [0.25, 0.3) is 0 Å². The summed E-state index contributed by atoms with van der Waals surface area (Å²) in [7, 11) is 4.15. The second-order valence-electron chi connectivity index (χ2n) is 5.18. The van der Waals surface area contributed by atoms with E-state index in [1.807, 2.05) is 19.4 Å². The van der Waals surface area contributed by atoms with Crippen LogP contribution in [0.2, 0.25) is 0 Å². The number of imidazole rings is 1. The van der Waals surface area contributed by atoms with Gasteiger partial charge >= 0.3 is 0 Å². The lowest BCUT2D eigenvalue weighted by atomic mass is 10.0. The number of benzene rings is 1. The smallest absolute Gasteiger partial charge is 0.127 e. The van der Waals surface area contributed by atoms with Gasteiger partial charge in [-0.25, -0.2) is 4.98 Å². The van der Waals surface area contributed by atoms with Crippen LogP contribution in [0.1, 0.15) is 17.8 Å². The highest BCUT2D eigenvalue weighted by Gasteiger charge is 2.11. The minimum Gasteiger partial charge on any atom is -0.385 e. The summed E-state index contributed by atoms with van der Waals surface area (Å²) in [5.74, 6) is 1.08. The Bertz CT molecular complexity index is 573. The van der Waals surface area contributed by atoms with Gasteiger partial charge in [-0.05, 0) is 36.6 Å². The van der Waals surface area contributed by atoms with Crippen LogP contribution >= 0.6 is 0 Å². The van der Waals surface area contributed by atoms with Crippen molar-refractivity contribution < 1.29 is 0 Å². The van der Waals surface area contributed by atoms with Crippen molar-refractivity contribution in [2.24, 2.45) is 7.05 Å². The summed E-state index contributed by atoms with van der Waals surface area (Å²) >= 11 is 0. The molecule has 0 aliphatic carbocycles. The lowest BCUT2D eigenvalue weighted by molar-refractivity contribution is 0.760. The van der Waals surface area contributed by atoms with Crippen molar-refractivity contribution in [3.63, 3.8) is 0 Å². The first kappa shape index (κ1) is 12.1. The van der Waals surface area contributed by atoms with E-state index in [1.54, 1.807) is 0 Å². The van der Waals surface area contributed by atoms with Crippen molar-refractivity contribution in [1.29, 1.82) is 0 Å². The molecule has 0 saturated heterocycles. The van der Waals surface area contributed by atoms with E-state index >= 15 is 0 Å². The summed E-state index contributed by atoms with van der Waals surface area (Å²) in [5.41, 5.74) is 3.97. The average molecular weight is 256 g/mol. The molecule has 0 spiro atoms. The van der Waals surface area contributed by atoms with Crippen LogP contribution in [0.3, 0.4) is 0 Å². The average Bonchev–Trinajstić information content (AvgIpc) is 2.84. The Balaban J connectivity index is 1.80. The van der Waals surface area contributed by atoms with Crippen molar-refractivity contribution in [2.75, 3.05) is 23.8 Å². The molecular weight excluding hydrogens is 236 g/mol. The quantitative estimate of drug-likeness (QED) is 0.915. The maximum absolute atomic E-state index is 4.38. The van der Waals surface area contributed by atoms with Crippen molar-refractivity contribution in [3.8, 4) is 0 Å². The zero-order valence-electron chi connectivity index (χ0n) is 11.6. The molecule has 19 heavy (non-hydrogen) atoms.